The summed E-state index contributed by atoms with van der Waals surface area (Å²) in [6.45, 7) is 4.41. The summed E-state index contributed by atoms with van der Waals surface area (Å²) in [5.41, 5.74) is 0.802. The molecule has 0 aliphatic carbocycles. The van der Waals surface area contributed by atoms with E-state index in [1.165, 1.54) is 99.8 Å². The molecule has 0 heterocycles. The van der Waals surface area contributed by atoms with Crippen molar-refractivity contribution in [2.45, 2.75) is 116 Å². The summed E-state index contributed by atoms with van der Waals surface area (Å²) in [6.07, 6.45) is 20.2. The van der Waals surface area contributed by atoms with E-state index in [1.807, 2.05) is 0 Å². The summed E-state index contributed by atoms with van der Waals surface area (Å²) >= 11 is 0. The molecule has 2 aromatic rings. The van der Waals surface area contributed by atoms with E-state index in [0.29, 0.717) is 0 Å². The third-order valence-corrected chi connectivity index (χ3v) is 6.66. The molecular weight excluding hydrogens is 362 g/mol. The molecule has 0 aromatic heterocycles. The first-order valence-corrected chi connectivity index (χ1v) is 12.6. The predicted molar refractivity (Wildman–Crippen MR) is 132 cm³/mol. The van der Waals surface area contributed by atoms with Crippen molar-refractivity contribution < 1.29 is 0 Å². The zero-order valence-corrected chi connectivity index (χ0v) is 19.6. The van der Waals surface area contributed by atoms with Crippen molar-refractivity contribution in [3.8, 4) is 6.07 Å². The smallest absolute Gasteiger partial charge is 0.0800 e. The first-order valence-electron chi connectivity index (χ1n) is 12.6. The van der Waals surface area contributed by atoms with Crippen LogP contribution in [0.4, 0.5) is 0 Å². The number of rotatable bonds is 16. The van der Waals surface area contributed by atoms with Crippen LogP contribution in [0.15, 0.2) is 42.5 Å². The second-order valence-corrected chi connectivity index (χ2v) is 9.32. The SMILES string of the molecule is CCCCCCCCCCCCCCCCC(C)(C#N)c1cccc2ccccc12. The molecule has 0 bridgehead atoms. The van der Waals surface area contributed by atoms with Crippen molar-refractivity contribution in [1.82, 2.24) is 0 Å². The quantitative estimate of drug-likeness (QED) is 0.255. The van der Waals surface area contributed by atoms with Crippen LogP contribution in [0.25, 0.3) is 10.8 Å². The molecule has 2 rings (SSSR count). The predicted octanol–water partition coefficient (Wildman–Crippen LogP) is 9.49. The van der Waals surface area contributed by atoms with E-state index >= 15 is 0 Å². The van der Waals surface area contributed by atoms with Gasteiger partial charge in [0.25, 0.3) is 0 Å². The van der Waals surface area contributed by atoms with Crippen LogP contribution in [0.3, 0.4) is 0 Å². The van der Waals surface area contributed by atoms with Crippen LogP contribution in [0.2, 0.25) is 0 Å². The summed E-state index contributed by atoms with van der Waals surface area (Å²) in [7, 11) is 0. The Hall–Kier alpha value is -1.81. The average molecular weight is 406 g/mol. The van der Waals surface area contributed by atoms with E-state index in [9.17, 15) is 5.26 Å². The van der Waals surface area contributed by atoms with E-state index in [0.717, 1.165) is 12.8 Å². The molecule has 164 valence electrons. The number of nitriles is 1. The lowest BCUT2D eigenvalue weighted by molar-refractivity contribution is 0.490. The topological polar surface area (TPSA) is 23.8 Å². The van der Waals surface area contributed by atoms with Crippen molar-refractivity contribution in [3.05, 3.63) is 48.0 Å². The summed E-state index contributed by atoms with van der Waals surface area (Å²) in [5.74, 6) is 0. The molecular formula is C29H43N. The fraction of sp³-hybridized carbons (Fsp3) is 0.621. The lowest BCUT2D eigenvalue weighted by Crippen LogP contribution is -2.19. The first-order chi connectivity index (χ1) is 14.7. The number of nitrogens with zero attached hydrogens (tertiary/aromatic N) is 1. The molecule has 0 fully saturated rings. The molecule has 0 aliphatic rings. The Bertz CT molecular complexity index is 751. The lowest BCUT2D eigenvalue weighted by Gasteiger charge is -2.24. The molecule has 0 amide bonds. The highest BCUT2D eigenvalue weighted by atomic mass is 14.4. The Kier molecular flexibility index (Phi) is 11.6. The zero-order valence-electron chi connectivity index (χ0n) is 19.6. The molecule has 0 saturated heterocycles. The van der Waals surface area contributed by atoms with Gasteiger partial charge in [0.2, 0.25) is 0 Å². The van der Waals surface area contributed by atoms with Gasteiger partial charge < -0.3 is 0 Å². The third-order valence-electron chi connectivity index (χ3n) is 6.66. The van der Waals surface area contributed by atoms with Gasteiger partial charge in [0.05, 0.1) is 11.5 Å². The lowest BCUT2D eigenvalue weighted by atomic mass is 9.77. The molecule has 0 N–H and O–H groups in total. The number of hydrogen-bond acceptors (Lipinski definition) is 1. The standard InChI is InChI=1S/C29H43N/c1-3-4-5-6-7-8-9-10-11-12-13-14-15-18-24-29(2,25-30)28-23-19-21-26-20-16-17-22-27(26)28/h16-17,19-23H,3-15,18,24H2,1-2H3. The Labute approximate surface area is 185 Å². The van der Waals surface area contributed by atoms with Crippen LogP contribution in [-0.2, 0) is 5.41 Å². The fourth-order valence-corrected chi connectivity index (χ4v) is 4.63. The molecule has 0 aliphatic heterocycles. The second-order valence-electron chi connectivity index (χ2n) is 9.32. The van der Waals surface area contributed by atoms with Crippen LogP contribution in [0.1, 0.15) is 116 Å². The van der Waals surface area contributed by atoms with Gasteiger partial charge in [0, 0.05) is 0 Å². The van der Waals surface area contributed by atoms with E-state index in [4.69, 9.17) is 0 Å². The van der Waals surface area contributed by atoms with Crippen molar-refractivity contribution in [1.29, 1.82) is 5.26 Å². The average Bonchev–Trinajstić information content (AvgIpc) is 2.78. The van der Waals surface area contributed by atoms with Gasteiger partial charge in [0.1, 0.15) is 0 Å². The van der Waals surface area contributed by atoms with Crippen LogP contribution in [0.5, 0.6) is 0 Å². The minimum atomic E-state index is -0.391. The Balaban J connectivity index is 1.59. The van der Waals surface area contributed by atoms with Crippen LogP contribution >= 0.6 is 0 Å². The fourth-order valence-electron chi connectivity index (χ4n) is 4.63. The molecule has 1 unspecified atom stereocenters. The molecule has 30 heavy (non-hydrogen) atoms. The summed E-state index contributed by atoms with van der Waals surface area (Å²) in [6, 6.07) is 17.5. The highest BCUT2D eigenvalue weighted by Crippen LogP contribution is 2.34. The van der Waals surface area contributed by atoms with Gasteiger partial charge in [0.15, 0.2) is 0 Å². The van der Waals surface area contributed by atoms with E-state index in [1.54, 1.807) is 0 Å². The van der Waals surface area contributed by atoms with Crippen molar-refractivity contribution in [3.63, 3.8) is 0 Å². The highest BCUT2D eigenvalue weighted by molar-refractivity contribution is 5.87. The van der Waals surface area contributed by atoms with Gasteiger partial charge in [-0.3, -0.25) is 0 Å². The third kappa shape index (κ3) is 8.14. The largest absolute Gasteiger partial charge is 0.197 e. The van der Waals surface area contributed by atoms with Gasteiger partial charge in [-0.15, -0.1) is 0 Å². The van der Waals surface area contributed by atoms with Gasteiger partial charge in [-0.25, -0.2) is 0 Å². The monoisotopic (exact) mass is 405 g/mol. The maximum atomic E-state index is 9.95. The molecule has 1 heteroatoms. The molecule has 1 atom stereocenters. The maximum absolute atomic E-state index is 9.95. The number of unbranched alkanes of at least 4 members (excludes halogenated alkanes) is 13. The van der Waals surface area contributed by atoms with Crippen LogP contribution < -0.4 is 0 Å². The maximum Gasteiger partial charge on any atom is 0.0800 e. The minimum Gasteiger partial charge on any atom is -0.197 e. The van der Waals surface area contributed by atoms with Gasteiger partial charge in [-0.05, 0) is 29.7 Å². The van der Waals surface area contributed by atoms with Gasteiger partial charge in [-0.2, -0.15) is 5.26 Å². The van der Waals surface area contributed by atoms with Crippen LogP contribution in [-0.4, -0.2) is 0 Å². The highest BCUT2D eigenvalue weighted by Gasteiger charge is 2.27. The Morgan fingerprint density at radius 2 is 1.17 bits per heavy atom. The second kappa shape index (κ2) is 14.2. The molecule has 1 nitrogen and oxygen atoms in total. The summed E-state index contributed by atoms with van der Waals surface area (Å²) in [4.78, 5) is 0. The summed E-state index contributed by atoms with van der Waals surface area (Å²) in [5, 5.41) is 12.4. The van der Waals surface area contributed by atoms with E-state index in [-0.39, 0.29) is 0 Å². The zero-order chi connectivity index (χ0) is 21.5. The number of hydrogen-bond donors (Lipinski definition) is 0. The molecule has 0 saturated carbocycles. The van der Waals surface area contributed by atoms with E-state index in [2.05, 4.69) is 62.4 Å². The molecule has 0 radical (unpaired) electrons. The van der Waals surface area contributed by atoms with Crippen LogP contribution in [0, 0.1) is 11.3 Å². The molecule has 0 spiro atoms. The Morgan fingerprint density at radius 1 is 0.667 bits per heavy atom. The van der Waals surface area contributed by atoms with Crippen molar-refractivity contribution >= 4 is 10.8 Å². The van der Waals surface area contributed by atoms with Crippen molar-refractivity contribution in [2.75, 3.05) is 0 Å². The van der Waals surface area contributed by atoms with E-state index < -0.39 is 5.41 Å². The first kappa shape index (κ1) is 24.5. The Morgan fingerprint density at radius 3 is 1.73 bits per heavy atom. The minimum absolute atomic E-state index is 0.391. The number of fused-ring (bicyclic) bond motifs is 1. The van der Waals surface area contributed by atoms with Gasteiger partial charge in [-0.1, -0.05) is 139 Å². The molecule has 2 aromatic carbocycles. The normalized spacial score (nSPS) is 13.2. The van der Waals surface area contributed by atoms with Gasteiger partial charge >= 0.3 is 0 Å². The summed E-state index contributed by atoms with van der Waals surface area (Å²) < 4.78 is 0. The van der Waals surface area contributed by atoms with Crippen molar-refractivity contribution in [2.24, 2.45) is 0 Å². The number of benzene rings is 2.